The van der Waals surface area contributed by atoms with Crippen molar-refractivity contribution in [2.45, 2.75) is 32.2 Å². The second-order valence-corrected chi connectivity index (χ2v) is 7.34. The SMILES string of the molecule is Cc1cc(C(=O)N2CCC[C@@H](c3nccn3CCN(C)C)C2)ccc1F. The Hall–Kier alpha value is -2.21. The van der Waals surface area contributed by atoms with Gasteiger partial charge in [0, 0.05) is 50.1 Å². The van der Waals surface area contributed by atoms with E-state index in [1.54, 1.807) is 19.1 Å². The van der Waals surface area contributed by atoms with Gasteiger partial charge >= 0.3 is 0 Å². The molecule has 1 aromatic heterocycles. The molecule has 1 saturated heterocycles. The molecule has 0 radical (unpaired) electrons. The van der Waals surface area contributed by atoms with Crippen LogP contribution in [0, 0.1) is 12.7 Å². The number of likely N-dealkylation sites (tertiary alicyclic amines) is 1. The Labute approximate surface area is 154 Å². The van der Waals surface area contributed by atoms with Crippen molar-refractivity contribution in [3.63, 3.8) is 0 Å². The van der Waals surface area contributed by atoms with E-state index in [9.17, 15) is 9.18 Å². The van der Waals surface area contributed by atoms with Crippen LogP contribution >= 0.6 is 0 Å². The molecular weight excluding hydrogens is 331 g/mol. The number of nitrogens with zero attached hydrogens (tertiary/aromatic N) is 4. The molecule has 2 heterocycles. The molecule has 5 nitrogen and oxygen atoms in total. The minimum atomic E-state index is -0.277. The molecule has 1 fully saturated rings. The topological polar surface area (TPSA) is 41.4 Å². The Morgan fingerprint density at radius 1 is 1.38 bits per heavy atom. The number of hydrogen-bond acceptors (Lipinski definition) is 3. The van der Waals surface area contributed by atoms with Gasteiger partial charge in [0.05, 0.1) is 0 Å². The predicted octanol–water partition coefficient (Wildman–Crippen LogP) is 2.91. The third kappa shape index (κ3) is 4.12. The van der Waals surface area contributed by atoms with Gasteiger partial charge in [-0.3, -0.25) is 4.79 Å². The number of halogens is 1. The molecule has 0 aliphatic carbocycles. The Bertz CT molecular complexity index is 771. The highest BCUT2D eigenvalue weighted by atomic mass is 19.1. The van der Waals surface area contributed by atoms with E-state index in [4.69, 9.17) is 0 Å². The summed E-state index contributed by atoms with van der Waals surface area (Å²) in [6.07, 6.45) is 5.85. The summed E-state index contributed by atoms with van der Waals surface area (Å²) in [5.41, 5.74) is 1.06. The Balaban J connectivity index is 1.72. The number of piperidine rings is 1. The van der Waals surface area contributed by atoms with Gasteiger partial charge in [-0.25, -0.2) is 9.37 Å². The number of carbonyl (C=O) groups is 1. The summed E-state index contributed by atoms with van der Waals surface area (Å²) in [5.74, 6) is 0.997. The van der Waals surface area contributed by atoms with E-state index in [1.807, 2.05) is 17.3 Å². The summed E-state index contributed by atoms with van der Waals surface area (Å²) in [6.45, 7) is 4.93. The number of benzene rings is 1. The van der Waals surface area contributed by atoms with Crippen molar-refractivity contribution in [2.75, 3.05) is 33.7 Å². The molecular formula is C20H27FN4O. The lowest BCUT2D eigenvalue weighted by Crippen LogP contribution is -2.40. The zero-order valence-corrected chi connectivity index (χ0v) is 15.8. The fourth-order valence-electron chi connectivity index (χ4n) is 3.51. The summed E-state index contributed by atoms with van der Waals surface area (Å²) in [5, 5.41) is 0. The third-order valence-electron chi connectivity index (χ3n) is 5.01. The van der Waals surface area contributed by atoms with Crippen molar-refractivity contribution in [1.82, 2.24) is 19.4 Å². The van der Waals surface area contributed by atoms with Crippen molar-refractivity contribution in [2.24, 2.45) is 0 Å². The van der Waals surface area contributed by atoms with Gasteiger partial charge in [0.2, 0.25) is 0 Å². The summed E-state index contributed by atoms with van der Waals surface area (Å²) in [6, 6.07) is 4.59. The lowest BCUT2D eigenvalue weighted by Gasteiger charge is -2.33. The fourth-order valence-corrected chi connectivity index (χ4v) is 3.51. The van der Waals surface area contributed by atoms with Crippen LogP contribution in [0.3, 0.4) is 0 Å². The molecule has 3 rings (SSSR count). The first-order valence-corrected chi connectivity index (χ1v) is 9.17. The number of aryl methyl sites for hydroxylation is 1. The van der Waals surface area contributed by atoms with E-state index in [2.05, 4.69) is 28.5 Å². The van der Waals surface area contributed by atoms with Crippen molar-refractivity contribution in [3.8, 4) is 0 Å². The highest BCUT2D eigenvalue weighted by Crippen LogP contribution is 2.27. The van der Waals surface area contributed by atoms with Crippen molar-refractivity contribution in [3.05, 3.63) is 53.4 Å². The average molecular weight is 358 g/mol. The molecule has 140 valence electrons. The highest BCUT2D eigenvalue weighted by molar-refractivity contribution is 5.94. The van der Waals surface area contributed by atoms with Crippen LogP contribution in [0.4, 0.5) is 4.39 Å². The quantitative estimate of drug-likeness (QED) is 0.825. The van der Waals surface area contributed by atoms with Gasteiger partial charge in [-0.05, 0) is 57.6 Å². The molecule has 0 bridgehead atoms. The van der Waals surface area contributed by atoms with E-state index in [0.29, 0.717) is 17.7 Å². The van der Waals surface area contributed by atoms with E-state index < -0.39 is 0 Å². The summed E-state index contributed by atoms with van der Waals surface area (Å²) in [7, 11) is 4.12. The Morgan fingerprint density at radius 2 is 2.19 bits per heavy atom. The maximum atomic E-state index is 13.5. The van der Waals surface area contributed by atoms with E-state index in [1.165, 1.54) is 6.07 Å². The first-order chi connectivity index (χ1) is 12.5. The average Bonchev–Trinajstić information content (AvgIpc) is 3.10. The maximum Gasteiger partial charge on any atom is 0.253 e. The largest absolute Gasteiger partial charge is 0.338 e. The number of likely N-dealkylation sites (N-methyl/N-ethyl adjacent to an activating group) is 1. The number of aromatic nitrogens is 2. The van der Waals surface area contributed by atoms with Gasteiger partial charge in [0.1, 0.15) is 11.6 Å². The van der Waals surface area contributed by atoms with Crippen LogP contribution in [0.1, 0.15) is 40.5 Å². The van der Waals surface area contributed by atoms with Gasteiger partial charge in [0.15, 0.2) is 0 Å². The molecule has 1 aromatic carbocycles. The molecule has 1 atom stereocenters. The lowest BCUT2D eigenvalue weighted by molar-refractivity contribution is 0.0703. The second-order valence-electron chi connectivity index (χ2n) is 7.34. The smallest absolute Gasteiger partial charge is 0.253 e. The summed E-state index contributed by atoms with van der Waals surface area (Å²) in [4.78, 5) is 21.4. The van der Waals surface area contributed by atoms with Crippen LogP contribution in [-0.4, -0.2) is 59.0 Å². The van der Waals surface area contributed by atoms with Crippen LogP contribution < -0.4 is 0 Å². The molecule has 1 aliphatic heterocycles. The minimum Gasteiger partial charge on any atom is -0.338 e. The predicted molar refractivity (Wildman–Crippen MR) is 99.8 cm³/mol. The number of amides is 1. The highest BCUT2D eigenvalue weighted by Gasteiger charge is 2.28. The van der Waals surface area contributed by atoms with Crippen LogP contribution in [0.5, 0.6) is 0 Å². The molecule has 0 saturated carbocycles. The van der Waals surface area contributed by atoms with E-state index in [-0.39, 0.29) is 17.6 Å². The zero-order chi connectivity index (χ0) is 18.7. The van der Waals surface area contributed by atoms with Gasteiger partial charge in [-0.15, -0.1) is 0 Å². The van der Waals surface area contributed by atoms with Gasteiger partial charge in [-0.1, -0.05) is 0 Å². The molecule has 1 aliphatic rings. The minimum absolute atomic E-state index is 0.0239. The van der Waals surface area contributed by atoms with Gasteiger partial charge in [0.25, 0.3) is 5.91 Å². The fraction of sp³-hybridized carbons (Fsp3) is 0.500. The third-order valence-corrected chi connectivity index (χ3v) is 5.01. The second kappa shape index (κ2) is 7.99. The number of rotatable bonds is 5. The van der Waals surface area contributed by atoms with Crippen LogP contribution in [0.15, 0.2) is 30.6 Å². The lowest BCUT2D eigenvalue weighted by atomic mass is 9.96. The first-order valence-electron chi connectivity index (χ1n) is 9.17. The van der Waals surface area contributed by atoms with Crippen molar-refractivity contribution >= 4 is 5.91 Å². The van der Waals surface area contributed by atoms with Crippen LogP contribution in [-0.2, 0) is 6.54 Å². The zero-order valence-electron chi connectivity index (χ0n) is 15.8. The normalized spacial score (nSPS) is 17.7. The maximum absolute atomic E-state index is 13.5. The monoisotopic (exact) mass is 358 g/mol. The van der Waals surface area contributed by atoms with Gasteiger partial charge in [-0.2, -0.15) is 0 Å². The number of carbonyl (C=O) groups excluding carboxylic acids is 1. The molecule has 0 unspecified atom stereocenters. The standard InChI is InChI=1S/C20H27FN4O/c1-15-13-16(6-7-18(15)21)20(26)25-9-4-5-17(14-25)19-22-8-10-24(19)12-11-23(2)3/h6-8,10,13,17H,4-5,9,11-12,14H2,1-3H3/t17-/m1/s1. The van der Waals surface area contributed by atoms with E-state index in [0.717, 1.165) is 38.3 Å². The number of hydrogen-bond donors (Lipinski definition) is 0. The molecule has 1 amide bonds. The Morgan fingerprint density at radius 3 is 2.92 bits per heavy atom. The van der Waals surface area contributed by atoms with Crippen LogP contribution in [0.2, 0.25) is 0 Å². The van der Waals surface area contributed by atoms with Crippen molar-refractivity contribution < 1.29 is 9.18 Å². The summed E-state index contributed by atoms with van der Waals surface area (Å²) < 4.78 is 15.7. The molecule has 26 heavy (non-hydrogen) atoms. The number of imidazole rings is 1. The van der Waals surface area contributed by atoms with Gasteiger partial charge < -0.3 is 14.4 Å². The van der Waals surface area contributed by atoms with Crippen LogP contribution in [0.25, 0.3) is 0 Å². The molecule has 0 N–H and O–H groups in total. The molecule has 0 spiro atoms. The van der Waals surface area contributed by atoms with Crippen molar-refractivity contribution in [1.29, 1.82) is 0 Å². The van der Waals surface area contributed by atoms with E-state index >= 15 is 0 Å². The Kier molecular flexibility index (Phi) is 5.71. The summed E-state index contributed by atoms with van der Waals surface area (Å²) >= 11 is 0. The molecule has 6 heteroatoms. The molecule has 2 aromatic rings. The first kappa shape index (κ1) is 18.6.